The molecule has 35 heavy (non-hydrogen) atoms. The normalized spacial score (nSPS) is 19.1. The number of rotatable bonds is 6. The molecule has 3 rings (SSSR count). The SMILES string of the molecule is CC(C)COC(=O)OC1CNC(C(F)(c2ccc(C(C)(C)C)cc2)c2ccc(C(C)(C)C)cc2)C1. The highest BCUT2D eigenvalue weighted by molar-refractivity contribution is 5.60. The van der Waals surface area contributed by atoms with Crippen LogP contribution in [-0.4, -0.2) is 31.5 Å². The number of benzene rings is 2. The molecule has 5 heteroatoms. The molecule has 2 aromatic carbocycles. The van der Waals surface area contributed by atoms with Crippen molar-refractivity contribution in [2.45, 2.75) is 90.5 Å². The maximum atomic E-state index is 17.3. The number of halogens is 1. The number of carbonyl (C=O) groups is 1. The molecule has 1 fully saturated rings. The van der Waals surface area contributed by atoms with Crippen LogP contribution in [0.25, 0.3) is 0 Å². The van der Waals surface area contributed by atoms with Gasteiger partial charge in [0.05, 0.1) is 12.6 Å². The summed E-state index contributed by atoms with van der Waals surface area (Å²) in [5.74, 6) is 0.225. The standard InChI is InChI=1S/C30H42FNO3/c1-20(2)19-34-27(33)35-25-17-26(32-18-25)30(31,23-13-9-21(10-14-23)28(3,4)5)24-15-11-22(12-16-24)29(6,7)8/h9-16,20,25-26,32H,17-19H2,1-8H3. The van der Waals surface area contributed by atoms with Crippen LogP contribution in [0.5, 0.6) is 0 Å². The Bertz CT molecular complexity index is 927. The van der Waals surface area contributed by atoms with Gasteiger partial charge in [-0.05, 0) is 39.0 Å². The molecule has 0 amide bonds. The zero-order chi connectivity index (χ0) is 26.0. The Labute approximate surface area is 210 Å². The molecule has 0 radical (unpaired) electrons. The number of ether oxygens (including phenoxy) is 2. The fraction of sp³-hybridized carbons (Fsp3) is 0.567. The van der Waals surface area contributed by atoms with Gasteiger partial charge in [-0.3, -0.25) is 0 Å². The van der Waals surface area contributed by atoms with Gasteiger partial charge in [0.25, 0.3) is 0 Å². The molecule has 1 aliphatic heterocycles. The molecule has 0 saturated carbocycles. The van der Waals surface area contributed by atoms with Crippen molar-refractivity contribution in [3.05, 3.63) is 70.8 Å². The molecule has 192 valence electrons. The first kappa shape index (κ1) is 27.2. The topological polar surface area (TPSA) is 47.6 Å². The van der Waals surface area contributed by atoms with E-state index in [2.05, 4.69) is 46.9 Å². The first-order chi connectivity index (χ1) is 16.2. The summed E-state index contributed by atoms with van der Waals surface area (Å²) in [6.45, 7) is 17.5. The van der Waals surface area contributed by atoms with Crippen molar-refractivity contribution < 1.29 is 18.7 Å². The molecular weight excluding hydrogens is 441 g/mol. The third-order valence-electron chi connectivity index (χ3n) is 6.71. The van der Waals surface area contributed by atoms with Crippen LogP contribution in [0.3, 0.4) is 0 Å². The van der Waals surface area contributed by atoms with E-state index in [0.29, 0.717) is 30.7 Å². The summed E-state index contributed by atoms with van der Waals surface area (Å²) >= 11 is 0. The first-order valence-corrected chi connectivity index (χ1v) is 12.7. The molecule has 2 aromatic rings. The van der Waals surface area contributed by atoms with Crippen LogP contribution in [0.4, 0.5) is 9.18 Å². The van der Waals surface area contributed by atoms with E-state index in [-0.39, 0.29) is 16.7 Å². The van der Waals surface area contributed by atoms with Gasteiger partial charge in [-0.2, -0.15) is 0 Å². The van der Waals surface area contributed by atoms with E-state index in [0.717, 1.165) is 11.1 Å². The predicted molar refractivity (Wildman–Crippen MR) is 140 cm³/mol. The summed E-state index contributed by atoms with van der Waals surface area (Å²) in [4.78, 5) is 12.1. The van der Waals surface area contributed by atoms with E-state index in [1.165, 1.54) is 0 Å². The fourth-order valence-electron chi connectivity index (χ4n) is 4.50. The van der Waals surface area contributed by atoms with Gasteiger partial charge in [-0.25, -0.2) is 9.18 Å². The van der Waals surface area contributed by atoms with Crippen LogP contribution in [0.1, 0.15) is 84.1 Å². The highest BCUT2D eigenvalue weighted by atomic mass is 19.1. The Morgan fingerprint density at radius 3 is 1.71 bits per heavy atom. The quantitative estimate of drug-likeness (QED) is 0.448. The molecule has 0 spiro atoms. The predicted octanol–water partition coefficient (Wildman–Crippen LogP) is 7.03. The van der Waals surface area contributed by atoms with E-state index < -0.39 is 24.0 Å². The highest BCUT2D eigenvalue weighted by Crippen LogP contribution is 2.42. The van der Waals surface area contributed by atoms with Crippen LogP contribution in [0.15, 0.2) is 48.5 Å². The minimum absolute atomic E-state index is 0.0211. The summed E-state index contributed by atoms with van der Waals surface area (Å²) in [6, 6.07) is 15.1. The van der Waals surface area contributed by atoms with E-state index >= 15 is 4.39 Å². The summed E-state index contributed by atoms with van der Waals surface area (Å²) in [5.41, 5.74) is 1.66. The van der Waals surface area contributed by atoms with E-state index in [9.17, 15) is 4.79 Å². The maximum Gasteiger partial charge on any atom is 0.508 e. The van der Waals surface area contributed by atoms with Gasteiger partial charge in [0, 0.05) is 13.0 Å². The summed E-state index contributed by atoms with van der Waals surface area (Å²) < 4.78 is 28.0. The molecule has 0 bridgehead atoms. The zero-order valence-corrected chi connectivity index (χ0v) is 22.6. The van der Waals surface area contributed by atoms with Crippen molar-refractivity contribution in [1.82, 2.24) is 5.32 Å². The van der Waals surface area contributed by atoms with Crippen LogP contribution in [0.2, 0.25) is 0 Å². The second kappa shape index (κ2) is 10.3. The maximum absolute atomic E-state index is 17.3. The largest absolute Gasteiger partial charge is 0.508 e. The summed E-state index contributed by atoms with van der Waals surface area (Å²) in [7, 11) is 0. The molecule has 0 aliphatic carbocycles. The monoisotopic (exact) mass is 483 g/mol. The average molecular weight is 484 g/mol. The van der Waals surface area contributed by atoms with Gasteiger partial charge < -0.3 is 14.8 Å². The lowest BCUT2D eigenvalue weighted by Gasteiger charge is -2.34. The van der Waals surface area contributed by atoms with Gasteiger partial charge in [-0.15, -0.1) is 0 Å². The number of alkyl halides is 1. The van der Waals surface area contributed by atoms with E-state index in [4.69, 9.17) is 9.47 Å². The Kier molecular flexibility index (Phi) is 8.00. The molecule has 2 unspecified atom stereocenters. The third kappa shape index (κ3) is 6.43. The number of hydrogen-bond acceptors (Lipinski definition) is 4. The van der Waals surface area contributed by atoms with Crippen molar-refractivity contribution in [1.29, 1.82) is 0 Å². The lowest BCUT2D eigenvalue weighted by atomic mass is 9.78. The molecule has 2 atom stereocenters. The molecule has 1 N–H and O–H groups in total. The second-order valence-corrected chi connectivity index (χ2v) is 12.3. The van der Waals surface area contributed by atoms with Crippen molar-refractivity contribution in [3.8, 4) is 0 Å². The van der Waals surface area contributed by atoms with Gasteiger partial charge in [0.15, 0.2) is 5.67 Å². The van der Waals surface area contributed by atoms with Crippen LogP contribution in [0, 0.1) is 5.92 Å². The molecule has 1 aliphatic rings. The average Bonchev–Trinajstić information content (AvgIpc) is 3.25. The number of hydrogen-bond donors (Lipinski definition) is 1. The minimum atomic E-state index is -1.78. The zero-order valence-electron chi connectivity index (χ0n) is 22.6. The van der Waals surface area contributed by atoms with Gasteiger partial charge >= 0.3 is 6.16 Å². The van der Waals surface area contributed by atoms with Crippen molar-refractivity contribution >= 4 is 6.16 Å². The Morgan fingerprint density at radius 2 is 1.31 bits per heavy atom. The smallest absolute Gasteiger partial charge is 0.434 e. The molecule has 1 heterocycles. The molecule has 0 aromatic heterocycles. The highest BCUT2D eigenvalue weighted by Gasteiger charge is 2.47. The molecule has 4 nitrogen and oxygen atoms in total. The van der Waals surface area contributed by atoms with Crippen molar-refractivity contribution in [2.75, 3.05) is 13.2 Å². The summed E-state index contributed by atoms with van der Waals surface area (Å²) in [5, 5.41) is 3.30. The Balaban J connectivity index is 1.91. The minimum Gasteiger partial charge on any atom is -0.434 e. The molecule has 1 saturated heterocycles. The number of nitrogens with one attached hydrogen (secondary N) is 1. The lowest BCUT2D eigenvalue weighted by Crippen LogP contribution is -2.43. The number of carbonyl (C=O) groups excluding carboxylic acids is 1. The van der Waals surface area contributed by atoms with Crippen molar-refractivity contribution in [3.63, 3.8) is 0 Å². The van der Waals surface area contributed by atoms with Crippen molar-refractivity contribution in [2.24, 2.45) is 5.92 Å². The third-order valence-corrected chi connectivity index (χ3v) is 6.71. The van der Waals surface area contributed by atoms with Crippen LogP contribution in [-0.2, 0) is 26.0 Å². The van der Waals surface area contributed by atoms with E-state index in [1.807, 2.05) is 62.4 Å². The van der Waals surface area contributed by atoms with Crippen LogP contribution >= 0.6 is 0 Å². The second-order valence-electron chi connectivity index (χ2n) is 12.3. The molecular formula is C30H42FNO3. The van der Waals surface area contributed by atoms with Gasteiger partial charge in [-0.1, -0.05) is 104 Å². The van der Waals surface area contributed by atoms with Gasteiger partial charge in [0.1, 0.15) is 6.10 Å². The lowest BCUT2D eigenvalue weighted by molar-refractivity contribution is 0.0209. The van der Waals surface area contributed by atoms with Crippen LogP contribution < -0.4 is 5.32 Å². The summed E-state index contributed by atoms with van der Waals surface area (Å²) in [6.07, 6.45) is -0.785. The Morgan fingerprint density at radius 1 is 0.886 bits per heavy atom. The fourth-order valence-corrected chi connectivity index (χ4v) is 4.50. The van der Waals surface area contributed by atoms with E-state index in [1.54, 1.807) is 0 Å². The first-order valence-electron chi connectivity index (χ1n) is 12.7. The van der Waals surface area contributed by atoms with Gasteiger partial charge in [0.2, 0.25) is 0 Å². The Hall–Kier alpha value is -2.40.